The van der Waals surface area contributed by atoms with Gasteiger partial charge in [0.15, 0.2) is 0 Å². The first kappa shape index (κ1) is 18.5. The van der Waals surface area contributed by atoms with E-state index in [9.17, 15) is 9.59 Å². The number of rotatable bonds is 7. The minimum atomic E-state index is -1.04. The minimum absolute atomic E-state index is 0.111. The summed E-state index contributed by atoms with van der Waals surface area (Å²) in [7, 11) is 1.44. The van der Waals surface area contributed by atoms with E-state index >= 15 is 0 Å². The van der Waals surface area contributed by atoms with Crippen molar-refractivity contribution in [3.8, 4) is 5.75 Å². The van der Waals surface area contributed by atoms with Crippen LogP contribution in [0.5, 0.6) is 5.75 Å². The molecule has 2 rings (SSSR count). The molecule has 0 saturated carbocycles. The lowest BCUT2D eigenvalue weighted by atomic mass is 9.80. The highest BCUT2D eigenvalue weighted by molar-refractivity contribution is 5.94. The highest BCUT2D eigenvalue weighted by Gasteiger charge is 2.21. The molecule has 0 spiro atoms. The summed E-state index contributed by atoms with van der Waals surface area (Å²) in [5, 5.41) is 11.8. The van der Waals surface area contributed by atoms with Gasteiger partial charge in [0.2, 0.25) is 5.91 Å². The lowest BCUT2D eigenvalue weighted by Crippen LogP contribution is -2.21. The number of methoxy groups -OCH3 is 1. The Kier molecular flexibility index (Phi) is 5.80. The second kappa shape index (κ2) is 7.83. The van der Waals surface area contributed by atoms with Crippen LogP contribution in [0.15, 0.2) is 48.5 Å². The van der Waals surface area contributed by atoms with Gasteiger partial charge in [-0.3, -0.25) is 4.79 Å². The fourth-order valence-corrected chi connectivity index (χ4v) is 2.60. The number of carboxylic acids is 1. The maximum Gasteiger partial charge on any atom is 0.335 e. The Balaban J connectivity index is 2.02. The summed E-state index contributed by atoms with van der Waals surface area (Å²) in [6, 6.07) is 14.5. The monoisotopic (exact) mass is 341 g/mol. The predicted molar refractivity (Wildman–Crippen MR) is 97.3 cm³/mol. The molecule has 0 saturated heterocycles. The van der Waals surface area contributed by atoms with E-state index in [2.05, 4.69) is 31.3 Å². The third-order valence-electron chi connectivity index (χ3n) is 4.25. The fraction of sp³-hybridized carbons (Fsp3) is 0.300. The van der Waals surface area contributed by atoms with Gasteiger partial charge in [-0.1, -0.05) is 44.2 Å². The van der Waals surface area contributed by atoms with Crippen LogP contribution >= 0.6 is 0 Å². The molecule has 132 valence electrons. The number of hydrogen-bond donors (Lipinski definition) is 2. The number of nitrogens with one attached hydrogen (secondary N) is 1. The highest BCUT2D eigenvalue weighted by atomic mass is 16.5. The molecule has 5 heteroatoms. The summed E-state index contributed by atoms with van der Waals surface area (Å²) < 4.78 is 5.17. The molecule has 0 heterocycles. The molecule has 2 aromatic rings. The number of benzene rings is 2. The van der Waals surface area contributed by atoms with Gasteiger partial charge in [-0.15, -0.1) is 0 Å². The zero-order valence-electron chi connectivity index (χ0n) is 14.7. The largest absolute Gasteiger partial charge is 0.495 e. The molecule has 0 unspecified atom stereocenters. The molecular formula is C20H23NO4. The van der Waals surface area contributed by atoms with E-state index in [1.165, 1.54) is 24.8 Å². The van der Waals surface area contributed by atoms with Gasteiger partial charge in [-0.2, -0.15) is 0 Å². The second-order valence-electron chi connectivity index (χ2n) is 6.52. The SMILES string of the molecule is COc1cc(C(=O)O)ccc1NC(=O)CCC(C)(C)c1ccccc1. The van der Waals surface area contributed by atoms with Crippen molar-refractivity contribution >= 4 is 17.6 Å². The van der Waals surface area contributed by atoms with Crippen molar-refractivity contribution in [3.63, 3.8) is 0 Å². The topological polar surface area (TPSA) is 75.6 Å². The van der Waals surface area contributed by atoms with E-state index in [4.69, 9.17) is 9.84 Å². The molecule has 0 bridgehead atoms. The summed E-state index contributed by atoms with van der Waals surface area (Å²) >= 11 is 0. The molecule has 0 aromatic heterocycles. The van der Waals surface area contributed by atoms with Gasteiger partial charge in [0.25, 0.3) is 0 Å². The van der Waals surface area contributed by atoms with Gasteiger partial charge in [0.1, 0.15) is 5.75 Å². The molecule has 0 fully saturated rings. The van der Waals surface area contributed by atoms with Crippen molar-refractivity contribution in [2.45, 2.75) is 32.1 Å². The van der Waals surface area contributed by atoms with Crippen molar-refractivity contribution in [3.05, 3.63) is 59.7 Å². The molecule has 0 atom stereocenters. The maximum absolute atomic E-state index is 12.3. The number of amides is 1. The second-order valence-corrected chi connectivity index (χ2v) is 6.52. The third kappa shape index (κ3) is 4.83. The summed E-state index contributed by atoms with van der Waals surface area (Å²) in [5.74, 6) is -0.846. The molecular weight excluding hydrogens is 318 g/mol. The Morgan fingerprint density at radius 1 is 1.12 bits per heavy atom. The quantitative estimate of drug-likeness (QED) is 0.795. The lowest BCUT2D eigenvalue weighted by molar-refractivity contribution is -0.116. The Morgan fingerprint density at radius 2 is 1.80 bits per heavy atom. The van der Waals surface area contributed by atoms with Crippen molar-refractivity contribution < 1.29 is 19.4 Å². The highest BCUT2D eigenvalue weighted by Crippen LogP contribution is 2.29. The number of ether oxygens (including phenoxy) is 1. The van der Waals surface area contributed by atoms with Crippen LogP contribution < -0.4 is 10.1 Å². The molecule has 5 nitrogen and oxygen atoms in total. The Hall–Kier alpha value is -2.82. The van der Waals surface area contributed by atoms with Crippen LogP contribution in [-0.4, -0.2) is 24.1 Å². The van der Waals surface area contributed by atoms with Crippen LogP contribution in [0, 0.1) is 0 Å². The van der Waals surface area contributed by atoms with Crippen LogP contribution in [-0.2, 0) is 10.2 Å². The van der Waals surface area contributed by atoms with Gasteiger partial charge in [-0.05, 0) is 35.6 Å². The minimum Gasteiger partial charge on any atom is -0.495 e. The number of carbonyl (C=O) groups excluding carboxylic acids is 1. The Bertz CT molecular complexity index is 754. The first-order valence-electron chi connectivity index (χ1n) is 8.10. The number of aromatic carboxylic acids is 1. The molecule has 0 radical (unpaired) electrons. The van der Waals surface area contributed by atoms with Crippen LogP contribution in [0.25, 0.3) is 0 Å². The summed E-state index contributed by atoms with van der Waals surface area (Å²) in [4.78, 5) is 23.3. The normalized spacial score (nSPS) is 11.0. The van der Waals surface area contributed by atoms with Crippen LogP contribution in [0.1, 0.15) is 42.6 Å². The molecule has 0 aliphatic carbocycles. The zero-order valence-corrected chi connectivity index (χ0v) is 14.7. The van der Waals surface area contributed by atoms with Crippen molar-refractivity contribution in [1.29, 1.82) is 0 Å². The summed E-state index contributed by atoms with van der Waals surface area (Å²) in [5.41, 5.74) is 1.65. The number of carboxylic acid groups (broad SMARTS) is 1. The van der Waals surface area contributed by atoms with E-state index in [0.717, 1.165) is 0 Å². The van der Waals surface area contributed by atoms with Crippen LogP contribution in [0.3, 0.4) is 0 Å². The maximum atomic E-state index is 12.3. The van der Waals surface area contributed by atoms with E-state index < -0.39 is 5.97 Å². The van der Waals surface area contributed by atoms with Gasteiger partial charge in [0, 0.05) is 6.42 Å². The van der Waals surface area contributed by atoms with Crippen molar-refractivity contribution in [2.24, 2.45) is 0 Å². The standard InChI is InChI=1S/C20H23NO4/c1-20(2,15-7-5-4-6-8-15)12-11-18(22)21-16-10-9-14(19(23)24)13-17(16)25-3/h4-10,13H,11-12H2,1-3H3,(H,21,22)(H,23,24). The van der Waals surface area contributed by atoms with Crippen molar-refractivity contribution in [2.75, 3.05) is 12.4 Å². The molecule has 2 aromatic carbocycles. The Morgan fingerprint density at radius 3 is 2.40 bits per heavy atom. The first-order valence-corrected chi connectivity index (χ1v) is 8.10. The van der Waals surface area contributed by atoms with E-state index in [-0.39, 0.29) is 16.9 Å². The average molecular weight is 341 g/mol. The fourth-order valence-electron chi connectivity index (χ4n) is 2.60. The predicted octanol–water partition coefficient (Wildman–Crippen LogP) is 4.09. The lowest BCUT2D eigenvalue weighted by Gasteiger charge is -2.25. The number of hydrogen-bond acceptors (Lipinski definition) is 3. The van der Waals surface area contributed by atoms with Crippen molar-refractivity contribution in [1.82, 2.24) is 0 Å². The average Bonchev–Trinajstić information content (AvgIpc) is 2.61. The zero-order chi connectivity index (χ0) is 18.4. The van der Waals surface area contributed by atoms with Gasteiger partial charge in [0.05, 0.1) is 18.4 Å². The van der Waals surface area contributed by atoms with E-state index in [1.807, 2.05) is 18.2 Å². The van der Waals surface area contributed by atoms with Gasteiger partial charge in [-0.25, -0.2) is 4.79 Å². The van der Waals surface area contributed by atoms with Gasteiger partial charge >= 0.3 is 5.97 Å². The third-order valence-corrected chi connectivity index (χ3v) is 4.25. The first-order chi connectivity index (χ1) is 11.8. The smallest absolute Gasteiger partial charge is 0.335 e. The summed E-state index contributed by atoms with van der Waals surface area (Å²) in [6.07, 6.45) is 1.05. The molecule has 1 amide bonds. The van der Waals surface area contributed by atoms with Crippen LogP contribution in [0.2, 0.25) is 0 Å². The Labute approximate surface area is 147 Å². The van der Waals surface area contributed by atoms with Crippen LogP contribution in [0.4, 0.5) is 5.69 Å². The number of anilines is 1. The van der Waals surface area contributed by atoms with Gasteiger partial charge < -0.3 is 15.2 Å². The van der Waals surface area contributed by atoms with E-state index in [0.29, 0.717) is 24.3 Å². The molecule has 2 N–H and O–H groups in total. The molecule has 0 aliphatic heterocycles. The van der Waals surface area contributed by atoms with E-state index in [1.54, 1.807) is 6.07 Å². The molecule has 0 aliphatic rings. The summed E-state index contributed by atoms with van der Waals surface area (Å²) in [6.45, 7) is 4.22. The number of carbonyl (C=O) groups is 2. The molecule has 25 heavy (non-hydrogen) atoms.